The molecule has 1 aromatic rings. The van der Waals surface area contributed by atoms with Crippen molar-refractivity contribution in [3.05, 3.63) is 29.8 Å². The first-order valence-corrected chi connectivity index (χ1v) is 6.26. The average molecular weight is 271 g/mol. The normalized spacial score (nSPS) is 24.4. The number of piperidine rings is 1. The van der Waals surface area contributed by atoms with Crippen molar-refractivity contribution in [1.29, 1.82) is 0 Å². The van der Waals surface area contributed by atoms with Gasteiger partial charge in [0.2, 0.25) is 0 Å². The lowest BCUT2D eigenvalue weighted by Crippen LogP contribution is -2.46. The molecular weight excluding hydrogens is 248 g/mol. The van der Waals surface area contributed by atoms with Crippen molar-refractivity contribution in [2.24, 2.45) is 11.7 Å². The van der Waals surface area contributed by atoms with Gasteiger partial charge in [-0.2, -0.15) is 0 Å². The molecule has 18 heavy (non-hydrogen) atoms. The molecule has 2 N–H and O–H groups in total. The summed E-state index contributed by atoms with van der Waals surface area (Å²) >= 11 is 0. The lowest BCUT2D eigenvalue weighted by atomic mass is 9.87. The van der Waals surface area contributed by atoms with Crippen LogP contribution >= 0.6 is 12.4 Å². The number of nitrogens with zero attached hydrogens (tertiary/aromatic N) is 1. The monoisotopic (exact) mass is 270 g/mol. The third-order valence-corrected chi connectivity index (χ3v) is 3.65. The highest BCUT2D eigenvalue weighted by Crippen LogP contribution is 2.20. The van der Waals surface area contributed by atoms with Crippen LogP contribution in [0.4, 0.5) is 0 Å². The molecule has 0 saturated carbocycles. The molecule has 0 amide bonds. The van der Waals surface area contributed by atoms with E-state index < -0.39 is 0 Å². The fraction of sp³-hybridized carbons (Fsp3) is 0.571. The van der Waals surface area contributed by atoms with Crippen LogP contribution in [0.5, 0.6) is 5.75 Å². The van der Waals surface area contributed by atoms with Crippen LogP contribution in [0.1, 0.15) is 12.0 Å². The van der Waals surface area contributed by atoms with Gasteiger partial charge in [0.1, 0.15) is 5.75 Å². The number of ether oxygens (including phenoxy) is 1. The number of likely N-dealkylation sites (tertiary alicyclic amines) is 1. The highest BCUT2D eigenvalue weighted by molar-refractivity contribution is 5.85. The van der Waals surface area contributed by atoms with E-state index in [1.807, 2.05) is 12.1 Å². The van der Waals surface area contributed by atoms with Crippen molar-refractivity contribution in [2.75, 3.05) is 27.2 Å². The first-order chi connectivity index (χ1) is 8.19. The molecule has 1 heterocycles. The van der Waals surface area contributed by atoms with Crippen LogP contribution in [0.15, 0.2) is 24.3 Å². The Labute approximate surface area is 116 Å². The quantitative estimate of drug-likeness (QED) is 0.912. The number of halogens is 1. The average Bonchev–Trinajstić information content (AvgIpc) is 2.35. The molecule has 3 nitrogen and oxygen atoms in total. The van der Waals surface area contributed by atoms with Gasteiger partial charge in [0.15, 0.2) is 0 Å². The molecule has 2 atom stereocenters. The van der Waals surface area contributed by atoms with Gasteiger partial charge in [-0.15, -0.1) is 12.4 Å². The second kappa shape index (κ2) is 6.98. The third-order valence-electron chi connectivity index (χ3n) is 3.65. The molecule has 1 aromatic carbocycles. The Hall–Kier alpha value is -0.770. The molecule has 2 rings (SSSR count). The van der Waals surface area contributed by atoms with E-state index >= 15 is 0 Å². The van der Waals surface area contributed by atoms with Crippen LogP contribution in [-0.2, 0) is 6.42 Å². The Bertz CT molecular complexity index is 355. The molecule has 0 spiro atoms. The molecule has 1 aliphatic rings. The zero-order valence-corrected chi connectivity index (χ0v) is 12.0. The van der Waals surface area contributed by atoms with Crippen LogP contribution < -0.4 is 10.5 Å². The Morgan fingerprint density at radius 1 is 1.33 bits per heavy atom. The van der Waals surface area contributed by atoms with E-state index in [0.29, 0.717) is 12.0 Å². The standard InChI is InChI=1S/C14H22N2O.ClH/c1-16-8-7-14(15)12(10-16)9-11-3-5-13(17-2)6-4-11;/h3-6,12,14H,7-10,15H2,1-2H3;1H. The third kappa shape index (κ3) is 3.87. The topological polar surface area (TPSA) is 38.5 Å². The van der Waals surface area contributed by atoms with Crippen molar-refractivity contribution in [2.45, 2.75) is 18.9 Å². The minimum absolute atomic E-state index is 0. The van der Waals surface area contributed by atoms with Gasteiger partial charge in [0.05, 0.1) is 7.11 Å². The molecule has 1 fully saturated rings. The Balaban J connectivity index is 0.00000162. The number of hydrogen-bond donors (Lipinski definition) is 1. The van der Waals surface area contributed by atoms with Crippen LogP contribution in [0, 0.1) is 5.92 Å². The van der Waals surface area contributed by atoms with E-state index in [2.05, 4.69) is 24.1 Å². The number of benzene rings is 1. The van der Waals surface area contributed by atoms with Gasteiger partial charge >= 0.3 is 0 Å². The van der Waals surface area contributed by atoms with Crippen molar-refractivity contribution in [1.82, 2.24) is 4.90 Å². The van der Waals surface area contributed by atoms with E-state index in [0.717, 1.165) is 31.7 Å². The molecule has 0 aromatic heterocycles. The number of methoxy groups -OCH3 is 1. The van der Waals surface area contributed by atoms with Crippen molar-refractivity contribution < 1.29 is 4.74 Å². The highest BCUT2D eigenvalue weighted by Gasteiger charge is 2.24. The van der Waals surface area contributed by atoms with Gasteiger partial charge in [-0.05, 0) is 50.0 Å². The van der Waals surface area contributed by atoms with Gasteiger partial charge in [0.25, 0.3) is 0 Å². The van der Waals surface area contributed by atoms with Gasteiger partial charge in [-0.25, -0.2) is 0 Å². The Morgan fingerprint density at radius 3 is 2.61 bits per heavy atom. The lowest BCUT2D eigenvalue weighted by Gasteiger charge is -2.34. The number of nitrogens with two attached hydrogens (primary N) is 1. The minimum Gasteiger partial charge on any atom is -0.497 e. The fourth-order valence-corrected chi connectivity index (χ4v) is 2.51. The minimum atomic E-state index is 0. The summed E-state index contributed by atoms with van der Waals surface area (Å²) in [6, 6.07) is 8.66. The largest absolute Gasteiger partial charge is 0.497 e. The van der Waals surface area contributed by atoms with E-state index in [1.54, 1.807) is 7.11 Å². The Kier molecular flexibility index (Phi) is 5.93. The zero-order valence-electron chi connectivity index (χ0n) is 11.1. The summed E-state index contributed by atoms with van der Waals surface area (Å²) in [5, 5.41) is 0. The molecule has 102 valence electrons. The SMILES string of the molecule is COc1ccc(CC2CN(C)CCC2N)cc1.Cl. The second-order valence-corrected chi connectivity index (χ2v) is 5.03. The maximum absolute atomic E-state index is 6.19. The number of hydrogen-bond acceptors (Lipinski definition) is 3. The molecule has 1 aliphatic heterocycles. The molecule has 0 bridgehead atoms. The van der Waals surface area contributed by atoms with Crippen molar-refractivity contribution in [3.8, 4) is 5.75 Å². The summed E-state index contributed by atoms with van der Waals surface area (Å²) in [6.45, 7) is 2.23. The smallest absolute Gasteiger partial charge is 0.118 e. The second-order valence-electron chi connectivity index (χ2n) is 5.03. The van der Waals surface area contributed by atoms with Gasteiger partial charge < -0.3 is 15.4 Å². The fourth-order valence-electron chi connectivity index (χ4n) is 2.51. The van der Waals surface area contributed by atoms with Crippen molar-refractivity contribution in [3.63, 3.8) is 0 Å². The van der Waals surface area contributed by atoms with Crippen molar-refractivity contribution >= 4 is 12.4 Å². The molecule has 1 saturated heterocycles. The maximum atomic E-state index is 6.19. The van der Waals surface area contributed by atoms with Crippen LogP contribution in [-0.4, -0.2) is 38.2 Å². The first kappa shape index (κ1) is 15.3. The zero-order chi connectivity index (χ0) is 12.3. The Morgan fingerprint density at radius 2 is 2.00 bits per heavy atom. The van der Waals surface area contributed by atoms with E-state index in [9.17, 15) is 0 Å². The van der Waals surface area contributed by atoms with E-state index in [4.69, 9.17) is 10.5 Å². The predicted molar refractivity (Wildman–Crippen MR) is 77.5 cm³/mol. The predicted octanol–water partition coefficient (Wildman–Crippen LogP) is 1.94. The summed E-state index contributed by atoms with van der Waals surface area (Å²) in [5.74, 6) is 1.49. The molecule has 0 aliphatic carbocycles. The molecule has 0 radical (unpaired) electrons. The van der Waals surface area contributed by atoms with E-state index in [1.165, 1.54) is 5.56 Å². The van der Waals surface area contributed by atoms with Crippen LogP contribution in [0.2, 0.25) is 0 Å². The van der Waals surface area contributed by atoms with Gasteiger partial charge in [-0.3, -0.25) is 0 Å². The summed E-state index contributed by atoms with van der Waals surface area (Å²) in [4.78, 5) is 2.37. The molecular formula is C14H23ClN2O. The molecule has 2 unspecified atom stereocenters. The van der Waals surface area contributed by atoms with Gasteiger partial charge in [-0.1, -0.05) is 12.1 Å². The summed E-state index contributed by atoms with van der Waals surface area (Å²) < 4.78 is 5.16. The summed E-state index contributed by atoms with van der Waals surface area (Å²) in [5.41, 5.74) is 7.54. The van der Waals surface area contributed by atoms with Gasteiger partial charge in [0, 0.05) is 12.6 Å². The highest BCUT2D eigenvalue weighted by atomic mass is 35.5. The van der Waals surface area contributed by atoms with Crippen LogP contribution in [0.25, 0.3) is 0 Å². The van der Waals surface area contributed by atoms with E-state index in [-0.39, 0.29) is 12.4 Å². The number of rotatable bonds is 3. The maximum Gasteiger partial charge on any atom is 0.118 e. The summed E-state index contributed by atoms with van der Waals surface area (Å²) in [7, 11) is 3.87. The molecule has 4 heteroatoms. The van der Waals surface area contributed by atoms with Crippen LogP contribution in [0.3, 0.4) is 0 Å². The lowest BCUT2D eigenvalue weighted by molar-refractivity contribution is 0.185. The first-order valence-electron chi connectivity index (χ1n) is 6.26. The summed E-state index contributed by atoms with van der Waals surface area (Å²) in [6.07, 6.45) is 2.17.